The third-order valence-corrected chi connectivity index (χ3v) is 2.89. The maximum Gasteiger partial charge on any atom is 0.338 e. The number of carbonyl (C=O) groups excluding carboxylic acids is 1. The van der Waals surface area contributed by atoms with Gasteiger partial charge >= 0.3 is 11.9 Å². The van der Waals surface area contributed by atoms with E-state index in [1.807, 2.05) is 0 Å². The van der Waals surface area contributed by atoms with Gasteiger partial charge in [-0.3, -0.25) is 0 Å². The Morgan fingerprint density at radius 2 is 2.00 bits per heavy atom. The number of aromatic carboxylic acids is 1. The number of hydrogen-bond donors (Lipinski definition) is 1. The topological polar surface area (TPSA) is 63.6 Å². The Bertz CT molecular complexity index is 430. The standard InChI is InChI=1S/C9H6BrClO4/c1-15-9(14)5-2-6(10)7(11)3-4(5)8(12)13/h2-3H,1H3,(H,12,13). The molecule has 0 aromatic heterocycles. The molecule has 0 aliphatic rings. The third kappa shape index (κ3) is 2.49. The third-order valence-electron chi connectivity index (χ3n) is 1.70. The number of carbonyl (C=O) groups is 2. The molecule has 0 spiro atoms. The average molecular weight is 294 g/mol. The van der Waals surface area contributed by atoms with Crippen molar-refractivity contribution in [3.63, 3.8) is 0 Å². The van der Waals surface area contributed by atoms with Crippen LogP contribution in [0.4, 0.5) is 0 Å². The zero-order chi connectivity index (χ0) is 11.6. The molecule has 0 atom stereocenters. The molecule has 0 saturated heterocycles. The van der Waals surface area contributed by atoms with Gasteiger partial charge in [-0.15, -0.1) is 0 Å². The average Bonchev–Trinajstić information content (AvgIpc) is 2.20. The first-order valence-electron chi connectivity index (χ1n) is 3.78. The van der Waals surface area contributed by atoms with Crippen molar-refractivity contribution in [2.75, 3.05) is 7.11 Å². The lowest BCUT2D eigenvalue weighted by Crippen LogP contribution is -2.10. The Balaban J connectivity index is 3.41. The summed E-state index contributed by atoms with van der Waals surface area (Å²) in [6.07, 6.45) is 0. The summed E-state index contributed by atoms with van der Waals surface area (Å²) in [7, 11) is 1.18. The SMILES string of the molecule is COC(=O)c1cc(Br)c(Cl)cc1C(=O)O. The monoisotopic (exact) mass is 292 g/mol. The van der Waals surface area contributed by atoms with Crippen LogP contribution in [0, 0.1) is 0 Å². The minimum absolute atomic E-state index is 0.0405. The Morgan fingerprint density at radius 1 is 1.40 bits per heavy atom. The van der Waals surface area contributed by atoms with E-state index in [4.69, 9.17) is 16.7 Å². The van der Waals surface area contributed by atoms with Crippen molar-refractivity contribution in [1.29, 1.82) is 0 Å². The van der Waals surface area contributed by atoms with Crippen molar-refractivity contribution in [2.45, 2.75) is 0 Å². The minimum atomic E-state index is -1.23. The second kappa shape index (κ2) is 4.63. The number of rotatable bonds is 2. The van der Waals surface area contributed by atoms with Crippen molar-refractivity contribution < 1.29 is 19.4 Å². The molecule has 0 amide bonds. The largest absolute Gasteiger partial charge is 0.478 e. The quantitative estimate of drug-likeness (QED) is 0.851. The number of hydrogen-bond acceptors (Lipinski definition) is 3. The lowest BCUT2D eigenvalue weighted by Gasteiger charge is -2.05. The molecule has 80 valence electrons. The highest BCUT2D eigenvalue weighted by Crippen LogP contribution is 2.26. The van der Waals surface area contributed by atoms with Crippen molar-refractivity contribution in [1.82, 2.24) is 0 Å². The van der Waals surface area contributed by atoms with E-state index >= 15 is 0 Å². The molecule has 0 bridgehead atoms. The summed E-state index contributed by atoms with van der Waals surface area (Å²) in [6.45, 7) is 0. The van der Waals surface area contributed by atoms with Gasteiger partial charge in [-0.25, -0.2) is 9.59 Å². The van der Waals surface area contributed by atoms with Gasteiger partial charge < -0.3 is 9.84 Å². The van der Waals surface area contributed by atoms with Gasteiger partial charge in [-0.1, -0.05) is 11.6 Å². The molecule has 0 aliphatic heterocycles. The molecular weight excluding hydrogens is 287 g/mol. The summed E-state index contributed by atoms with van der Waals surface area (Å²) in [6, 6.07) is 2.51. The summed E-state index contributed by atoms with van der Waals surface area (Å²) in [5, 5.41) is 9.07. The predicted octanol–water partition coefficient (Wildman–Crippen LogP) is 2.59. The molecule has 0 radical (unpaired) electrons. The first-order valence-corrected chi connectivity index (χ1v) is 4.95. The van der Waals surface area contributed by atoms with Crippen LogP contribution in [0.1, 0.15) is 20.7 Å². The van der Waals surface area contributed by atoms with Crippen LogP contribution in [-0.4, -0.2) is 24.2 Å². The summed E-state index contributed by atoms with van der Waals surface area (Å²) >= 11 is 8.81. The Kier molecular flexibility index (Phi) is 3.71. The first kappa shape index (κ1) is 12.0. The lowest BCUT2D eigenvalue weighted by molar-refractivity contribution is 0.0582. The molecule has 6 heteroatoms. The number of halogens is 2. The highest BCUT2D eigenvalue weighted by Gasteiger charge is 2.19. The van der Waals surface area contributed by atoms with Crippen LogP contribution in [0.2, 0.25) is 5.02 Å². The van der Waals surface area contributed by atoms with E-state index < -0.39 is 11.9 Å². The fraction of sp³-hybridized carbons (Fsp3) is 0.111. The zero-order valence-electron chi connectivity index (χ0n) is 7.58. The van der Waals surface area contributed by atoms with Crippen LogP contribution in [0.15, 0.2) is 16.6 Å². The highest BCUT2D eigenvalue weighted by atomic mass is 79.9. The summed E-state index contributed by atoms with van der Waals surface area (Å²) in [5.41, 5.74) is -0.226. The van der Waals surface area contributed by atoms with Gasteiger partial charge in [-0.05, 0) is 28.1 Å². The van der Waals surface area contributed by atoms with E-state index in [9.17, 15) is 9.59 Å². The maximum absolute atomic E-state index is 11.3. The van der Waals surface area contributed by atoms with Gasteiger partial charge in [0.1, 0.15) is 0 Å². The van der Waals surface area contributed by atoms with Gasteiger partial charge in [0, 0.05) is 4.47 Å². The number of methoxy groups -OCH3 is 1. The molecule has 1 N–H and O–H groups in total. The van der Waals surface area contributed by atoms with Crippen LogP contribution >= 0.6 is 27.5 Å². The molecule has 0 unspecified atom stereocenters. The fourth-order valence-electron chi connectivity index (χ4n) is 1.00. The summed E-state index contributed by atoms with van der Waals surface area (Å²) in [5.74, 6) is -1.95. The van der Waals surface area contributed by atoms with Crippen LogP contribution in [-0.2, 0) is 4.74 Å². The second-order valence-corrected chi connectivity index (χ2v) is 3.87. The van der Waals surface area contributed by atoms with E-state index in [1.54, 1.807) is 0 Å². The molecule has 0 heterocycles. The summed E-state index contributed by atoms with van der Waals surface area (Å²) < 4.78 is 4.90. The molecule has 1 rings (SSSR count). The molecular formula is C9H6BrClO4. The van der Waals surface area contributed by atoms with E-state index in [1.165, 1.54) is 19.2 Å². The second-order valence-electron chi connectivity index (χ2n) is 2.61. The zero-order valence-corrected chi connectivity index (χ0v) is 9.92. The molecule has 15 heavy (non-hydrogen) atoms. The predicted molar refractivity (Wildman–Crippen MR) is 57.5 cm³/mol. The maximum atomic E-state index is 11.3. The molecule has 0 saturated carbocycles. The number of carboxylic acid groups (broad SMARTS) is 1. The van der Waals surface area contributed by atoms with Crippen molar-refractivity contribution >= 4 is 39.5 Å². The fourth-order valence-corrected chi connectivity index (χ4v) is 1.51. The van der Waals surface area contributed by atoms with Crippen LogP contribution in [0.5, 0.6) is 0 Å². The molecule has 1 aromatic carbocycles. The summed E-state index contributed by atoms with van der Waals surface area (Å²) in [4.78, 5) is 22.1. The van der Waals surface area contributed by atoms with Crippen molar-refractivity contribution in [3.8, 4) is 0 Å². The van der Waals surface area contributed by atoms with Crippen molar-refractivity contribution in [2.24, 2.45) is 0 Å². The van der Waals surface area contributed by atoms with Gasteiger partial charge in [-0.2, -0.15) is 0 Å². The molecule has 0 fully saturated rings. The van der Waals surface area contributed by atoms with Gasteiger partial charge in [0.2, 0.25) is 0 Å². The number of ether oxygens (including phenoxy) is 1. The minimum Gasteiger partial charge on any atom is -0.478 e. The molecule has 4 nitrogen and oxygen atoms in total. The lowest BCUT2D eigenvalue weighted by atomic mass is 10.1. The van der Waals surface area contributed by atoms with Gasteiger partial charge in [0.05, 0.1) is 23.3 Å². The van der Waals surface area contributed by atoms with E-state index in [0.29, 0.717) is 4.47 Å². The Labute approximate surface area is 98.9 Å². The number of benzene rings is 1. The van der Waals surface area contributed by atoms with E-state index in [2.05, 4.69) is 20.7 Å². The van der Waals surface area contributed by atoms with Crippen LogP contribution in [0.3, 0.4) is 0 Å². The first-order chi connectivity index (χ1) is 6.97. The van der Waals surface area contributed by atoms with Gasteiger partial charge in [0.15, 0.2) is 0 Å². The normalized spacial score (nSPS) is 9.80. The molecule has 0 aliphatic carbocycles. The Morgan fingerprint density at radius 3 is 2.47 bits per heavy atom. The van der Waals surface area contributed by atoms with E-state index in [-0.39, 0.29) is 16.1 Å². The number of carboxylic acids is 1. The van der Waals surface area contributed by atoms with E-state index in [0.717, 1.165) is 0 Å². The van der Waals surface area contributed by atoms with Crippen molar-refractivity contribution in [3.05, 3.63) is 32.8 Å². The van der Waals surface area contributed by atoms with Crippen LogP contribution in [0.25, 0.3) is 0 Å². The Hall–Kier alpha value is -1.07. The van der Waals surface area contributed by atoms with Gasteiger partial charge in [0.25, 0.3) is 0 Å². The highest BCUT2D eigenvalue weighted by molar-refractivity contribution is 9.10. The number of esters is 1. The smallest absolute Gasteiger partial charge is 0.338 e. The van der Waals surface area contributed by atoms with Crippen LogP contribution < -0.4 is 0 Å². The molecule has 1 aromatic rings.